The maximum Gasteiger partial charge on any atom is 0.324 e. The van der Waals surface area contributed by atoms with Crippen LogP contribution in [-0.2, 0) is 28.7 Å². The summed E-state index contributed by atoms with van der Waals surface area (Å²) < 4.78 is 19.2. The summed E-state index contributed by atoms with van der Waals surface area (Å²) in [6, 6.07) is 4.46. The van der Waals surface area contributed by atoms with Crippen molar-refractivity contribution >= 4 is 30.3 Å². The first-order chi connectivity index (χ1) is 11.9. The van der Waals surface area contributed by atoms with E-state index < -0.39 is 23.8 Å². The Morgan fingerprint density at radius 3 is 2.04 bits per heavy atom. The third-order valence-corrected chi connectivity index (χ3v) is 3.12. The van der Waals surface area contributed by atoms with Gasteiger partial charge in [-0.2, -0.15) is 0 Å². The molecule has 0 radical (unpaired) electrons. The van der Waals surface area contributed by atoms with E-state index in [0.29, 0.717) is 11.8 Å². The molecule has 0 bridgehead atoms. The maximum atomic E-state index is 11.8. The second-order valence-electron chi connectivity index (χ2n) is 4.75. The Balaban J connectivity index is 3.32. The predicted octanol–water partition coefficient (Wildman–Crippen LogP) is 1.16. The lowest BCUT2D eigenvalue weighted by atomic mass is 9.97. The molecule has 8 nitrogen and oxygen atoms in total. The van der Waals surface area contributed by atoms with Gasteiger partial charge < -0.3 is 18.9 Å². The summed E-state index contributed by atoms with van der Waals surface area (Å²) in [5.74, 6) is -3.44. The molecule has 0 saturated heterocycles. The van der Waals surface area contributed by atoms with Crippen LogP contribution in [0, 0.1) is 5.92 Å². The van der Waals surface area contributed by atoms with Crippen molar-refractivity contribution in [1.82, 2.24) is 0 Å². The highest BCUT2D eigenvalue weighted by Gasteiger charge is 2.32. The third-order valence-electron chi connectivity index (χ3n) is 3.12. The molecule has 1 aromatic carbocycles. The SMILES string of the molecule is COC(=O)C(C(=O)OC)/C(C=O)=C/c1ccc(OC(C)=O)c(OC)c1. The molecular weight excluding hydrogens is 332 g/mol. The molecule has 1 aromatic rings. The molecule has 0 aromatic heterocycles. The lowest BCUT2D eigenvalue weighted by Gasteiger charge is -2.13. The Hall–Kier alpha value is -3.16. The summed E-state index contributed by atoms with van der Waals surface area (Å²) in [5.41, 5.74) is 0.286. The number of methoxy groups -OCH3 is 3. The fourth-order valence-corrected chi connectivity index (χ4v) is 2.00. The average Bonchev–Trinajstić information content (AvgIpc) is 2.60. The van der Waals surface area contributed by atoms with Crippen LogP contribution in [0.1, 0.15) is 12.5 Å². The molecule has 0 fully saturated rings. The summed E-state index contributed by atoms with van der Waals surface area (Å²) in [6.45, 7) is 1.25. The molecule has 0 aliphatic rings. The van der Waals surface area contributed by atoms with Crippen molar-refractivity contribution in [3.05, 3.63) is 29.3 Å². The van der Waals surface area contributed by atoms with E-state index in [2.05, 4.69) is 9.47 Å². The van der Waals surface area contributed by atoms with Crippen molar-refractivity contribution in [2.24, 2.45) is 5.92 Å². The standard InChI is InChI=1S/C17H18O8/c1-10(19)25-13-6-5-11(8-14(13)22-2)7-12(9-18)15(16(20)23-3)17(21)24-4/h5-9,15H,1-4H3/b12-7+. The maximum absolute atomic E-state index is 11.8. The first kappa shape index (κ1) is 19.9. The van der Waals surface area contributed by atoms with E-state index in [1.54, 1.807) is 0 Å². The third kappa shape index (κ3) is 5.17. The normalized spacial score (nSPS) is 10.8. The molecule has 0 unspecified atom stereocenters. The van der Waals surface area contributed by atoms with E-state index >= 15 is 0 Å². The van der Waals surface area contributed by atoms with Crippen LogP contribution in [0.2, 0.25) is 0 Å². The van der Waals surface area contributed by atoms with Crippen LogP contribution in [0.15, 0.2) is 23.8 Å². The fourth-order valence-electron chi connectivity index (χ4n) is 2.00. The zero-order valence-corrected chi connectivity index (χ0v) is 14.2. The van der Waals surface area contributed by atoms with E-state index in [0.717, 1.165) is 14.2 Å². The Labute approximate surface area is 144 Å². The van der Waals surface area contributed by atoms with Crippen molar-refractivity contribution < 1.29 is 38.1 Å². The van der Waals surface area contributed by atoms with Gasteiger partial charge in [0, 0.05) is 12.5 Å². The van der Waals surface area contributed by atoms with Gasteiger partial charge in [-0.1, -0.05) is 6.07 Å². The van der Waals surface area contributed by atoms with Crippen LogP contribution < -0.4 is 9.47 Å². The Kier molecular flexibility index (Phi) is 7.33. The van der Waals surface area contributed by atoms with Gasteiger partial charge in [0.25, 0.3) is 0 Å². The van der Waals surface area contributed by atoms with E-state index in [-0.39, 0.29) is 17.1 Å². The quantitative estimate of drug-likeness (QED) is 0.237. The zero-order valence-electron chi connectivity index (χ0n) is 14.2. The Bertz CT molecular complexity index is 689. The van der Waals surface area contributed by atoms with Gasteiger partial charge in [0.15, 0.2) is 17.4 Å². The number of esters is 3. The van der Waals surface area contributed by atoms with Gasteiger partial charge in [-0.25, -0.2) is 0 Å². The number of benzene rings is 1. The van der Waals surface area contributed by atoms with Crippen molar-refractivity contribution in [2.75, 3.05) is 21.3 Å². The summed E-state index contributed by atoms with van der Waals surface area (Å²) in [6.07, 6.45) is 1.68. The first-order valence-electron chi connectivity index (χ1n) is 7.06. The zero-order chi connectivity index (χ0) is 19.0. The van der Waals surface area contributed by atoms with Gasteiger partial charge in [0.1, 0.15) is 6.29 Å². The van der Waals surface area contributed by atoms with Gasteiger partial charge in [0.05, 0.1) is 21.3 Å². The molecule has 0 N–H and O–H groups in total. The predicted molar refractivity (Wildman–Crippen MR) is 85.9 cm³/mol. The van der Waals surface area contributed by atoms with Gasteiger partial charge in [-0.05, 0) is 23.8 Å². The van der Waals surface area contributed by atoms with Crippen LogP contribution >= 0.6 is 0 Å². The lowest BCUT2D eigenvalue weighted by molar-refractivity contribution is -0.157. The smallest absolute Gasteiger partial charge is 0.324 e. The molecule has 134 valence electrons. The van der Waals surface area contributed by atoms with Crippen LogP contribution in [0.25, 0.3) is 6.08 Å². The second-order valence-corrected chi connectivity index (χ2v) is 4.75. The topological polar surface area (TPSA) is 105 Å². The fraction of sp³-hybridized carbons (Fsp3) is 0.294. The molecular formula is C17H18O8. The molecule has 1 rings (SSSR count). The highest BCUT2D eigenvalue weighted by atomic mass is 16.6. The van der Waals surface area contributed by atoms with Crippen molar-refractivity contribution in [3.8, 4) is 11.5 Å². The van der Waals surface area contributed by atoms with Crippen LogP contribution in [0.5, 0.6) is 11.5 Å². The van der Waals surface area contributed by atoms with E-state index in [1.165, 1.54) is 38.3 Å². The van der Waals surface area contributed by atoms with E-state index in [1.807, 2.05) is 0 Å². The van der Waals surface area contributed by atoms with E-state index in [9.17, 15) is 19.2 Å². The molecule has 0 aliphatic heterocycles. The summed E-state index contributed by atoms with van der Waals surface area (Å²) in [5, 5.41) is 0. The van der Waals surface area contributed by atoms with Gasteiger partial charge in [-0.15, -0.1) is 0 Å². The van der Waals surface area contributed by atoms with Crippen LogP contribution in [0.3, 0.4) is 0 Å². The number of hydrogen-bond acceptors (Lipinski definition) is 8. The molecule has 0 amide bonds. The van der Waals surface area contributed by atoms with Crippen molar-refractivity contribution in [1.29, 1.82) is 0 Å². The van der Waals surface area contributed by atoms with Gasteiger partial charge in [0.2, 0.25) is 0 Å². The Morgan fingerprint density at radius 2 is 1.60 bits per heavy atom. The molecule has 0 atom stereocenters. The highest BCUT2D eigenvalue weighted by Crippen LogP contribution is 2.29. The number of rotatable bonds is 7. The highest BCUT2D eigenvalue weighted by molar-refractivity contribution is 6.05. The number of carbonyl (C=O) groups excluding carboxylic acids is 4. The molecule has 0 saturated carbocycles. The number of ether oxygens (including phenoxy) is 4. The van der Waals surface area contributed by atoms with Gasteiger partial charge in [-0.3, -0.25) is 19.2 Å². The minimum Gasteiger partial charge on any atom is -0.493 e. The molecule has 0 heterocycles. The lowest BCUT2D eigenvalue weighted by Crippen LogP contribution is -2.28. The van der Waals surface area contributed by atoms with E-state index in [4.69, 9.17) is 9.47 Å². The van der Waals surface area contributed by atoms with Crippen molar-refractivity contribution in [3.63, 3.8) is 0 Å². The number of carbonyl (C=O) groups is 4. The molecule has 25 heavy (non-hydrogen) atoms. The summed E-state index contributed by atoms with van der Waals surface area (Å²) in [4.78, 5) is 46.0. The van der Waals surface area contributed by atoms with Crippen LogP contribution in [0.4, 0.5) is 0 Å². The molecule has 8 heteroatoms. The Morgan fingerprint density at radius 1 is 1.00 bits per heavy atom. The molecule has 0 aliphatic carbocycles. The minimum absolute atomic E-state index is 0.152. The number of hydrogen-bond donors (Lipinski definition) is 0. The van der Waals surface area contributed by atoms with Crippen molar-refractivity contribution in [2.45, 2.75) is 6.92 Å². The minimum atomic E-state index is -1.51. The monoisotopic (exact) mass is 350 g/mol. The first-order valence-corrected chi connectivity index (χ1v) is 7.06. The summed E-state index contributed by atoms with van der Waals surface area (Å²) >= 11 is 0. The average molecular weight is 350 g/mol. The number of aldehydes is 1. The molecule has 0 spiro atoms. The van der Waals surface area contributed by atoms with Gasteiger partial charge >= 0.3 is 17.9 Å². The van der Waals surface area contributed by atoms with Crippen LogP contribution in [-0.4, -0.2) is 45.5 Å². The second kappa shape index (κ2) is 9.21. The summed E-state index contributed by atoms with van der Waals surface area (Å²) in [7, 11) is 3.57. The largest absolute Gasteiger partial charge is 0.493 e.